The summed E-state index contributed by atoms with van der Waals surface area (Å²) in [4.78, 5) is 11.7. The van der Waals surface area contributed by atoms with Gasteiger partial charge in [-0.05, 0) is 37.8 Å². The number of aliphatic hydroxyl groups excluding tert-OH is 1. The van der Waals surface area contributed by atoms with Crippen molar-refractivity contribution < 1.29 is 9.90 Å². The highest BCUT2D eigenvalue weighted by Crippen LogP contribution is 2.18. The van der Waals surface area contributed by atoms with Crippen LogP contribution < -0.4 is 10.6 Å². The smallest absolute Gasteiger partial charge is 0.319 e. The quantitative estimate of drug-likeness (QED) is 0.734. The van der Waals surface area contributed by atoms with Crippen LogP contribution in [0, 0.1) is 0 Å². The number of nitrogens with one attached hydrogen (secondary N) is 2. The van der Waals surface area contributed by atoms with E-state index in [1.165, 1.54) is 0 Å². The Balaban J connectivity index is 1.78. The van der Waals surface area contributed by atoms with Crippen molar-refractivity contribution >= 4 is 11.7 Å². The Kier molecular flexibility index (Phi) is 3.98. The van der Waals surface area contributed by atoms with Gasteiger partial charge in [0.1, 0.15) is 0 Å². The van der Waals surface area contributed by atoms with E-state index in [1.807, 2.05) is 30.3 Å². The lowest BCUT2D eigenvalue weighted by Gasteiger charge is -2.26. The SMILES string of the molecule is O=C(Nc1ccccc1)NC1CCC(O)CC1. The lowest BCUT2D eigenvalue weighted by molar-refractivity contribution is 0.118. The molecule has 0 saturated heterocycles. The molecule has 1 fully saturated rings. The first-order valence-electron chi connectivity index (χ1n) is 6.04. The van der Waals surface area contributed by atoms with Gasteiger partial charge in [0.25, 0.3) is 0 Å². The molecule has 17 heavy (non-hydrogen) atoms. The van der Waals surface area contributed by atoms with Gasteiger partial charge in [0.15, 0.2) is 0 Å². The van der Waals surface area contributed by atoms with Gasteiger partial charge in [-0.25, -0.2) is 4.79 Å². The van der Waals surface area contributed by atoms with E-state index in [0.29, 0.717) is 0 Å². The Hall–Kier alpha value is -1.55. The molecule has 0 spiro atoms. The van der Waals surface area contributed by atoms with E-state index >= 15 is 0 Å². The lowest BCUT2D eigenvalue weighted by atomic mass is 9.93. The molecule has 2 amide bonds. The normalized spacial score (nSPS) is 24.1. The number of hydrogen-bond donors (Lipinski definition) is 3. The van der Waals surface area contributed by atoms with Crippen molar-refractivity contribution in [3.05, 3.63) is 30.3 Å². The number of hydrogen-bond acceptors (Lipinski definition) is 2. The molecule has 1 aliphatic carbocycles. The molecule has 1 aromatic rings. The van der Waals surface area contributed by atoms with Gasteiger partial charge in [-0.3, -0.25) is 0 Å². The molecule has 0 heterocycles. The number of urea groups is 1. The Labute approximate surface area is 101 Å². The van der Waals surface area contributed by atoms with Crippen LogP contribution in [0.5, 0.6) is 0 Å². The van der Waals surface area contributed by atoms with E-state index in [4.69, 9.17) is 0 Å². The van der Waals surface area contributed by atoms with Crippen LogP contribution in [0.25, 0.3) is 0 Å². The highest BCUT2D eigenvalue weighted by atomic mass is 16.3. The summed E-state index contributed by atoms with van der Waals surface area (Å²) in [5.41, 5.74) is 0.792. The summed E-state index contributed by atoms with van der Waals surface area (Å²) < 4.78 is 0. The second-order valence-electron chi connectivity index (χ2n) is 4.47. The van der Waals surface area contributed by atoms with Crippen LogP contribution in [-0.4, -0.2) is 23.3 Å². The average molecular weight is 234 g/mol. The summed E-state index contributed by atoms with van der Waals surface area (Å²) in [6, 6.07) is 9.39. The van der Waals surface area contributed by atoms with Gasteiger partial charge < -0.3 is 15.7 Å². The molecule has 0 atom stereocenters. The minimum atomic E-state index is -0.190. The minimum Gasteiger partial charge on any atom is -0.393 e. The molecule has 1 saturated carbocycles. The summed E-state index contributed by atoms with van der Waals surface area (Å²) in [7, 11) is 0. The second-order valence-corrected chi connectivity index (χ2v) is 4.47. The molecule has 1 aliphatic rings. The number of carbonyl (C=O) groups is 1. The molecule has 3 N–H and O–H groups in total. The number of aliphatic hydroxyl groups is 1. The fourth-order valence-corrected chi connectivity index (χ4v) is 2.09. The standard InChI is InChI=1S/C13H18N2O2/c16-12-8-6-11(7-9-12)15-13(17)14-10-4-2-1-3-5-10/h1-5,11-12,16H,6-9H2,(H2,14,15,17). The third-order valence-electron chi connectivity index (χ3n) is 3.06. The van der Waals surface area contributed by atoms with E-state index in [-0.39, 0.29) is 18.2 Å². The highest BCUT2D eigenvalue weighted by molar-refractivity contribution is 5.89. The van der Waals surface area contributed by atoms with E-state index < -0.39 is 0 Å². The monoisotopic (exact) mass is 234 g/mol. The van der Waals surface area contributed by atoms with Crippen LogP contribution in [-0.2, 0) is 0 Å². The first kappa shape index (κ1) is 11.9. The van der Waals surface area contributed by atoms with Crippen molar-refractivity contribution in [1.82, 2.24) is 5.32 Å². The van der Waals surface area contributed by atoms with Crippen molar-refractivity contribution in [3.8, 4) is 0 Å². The van der Waals surface area contributed by atoms with Crippen molar-refractivity contribution in [3.63, 3.8) is 0 Å². The summed E-state index contributed by atoms with van der Waals surface area (Å²) in [6.45, 7) is 0. The molecule has 0 aliphatic heterocycles. The van der Waals surface area contributed by atoms with Gasteiger partial charge in [0, 0.05) is 11.7 Å². The largest absolute Gasteiger partial charge is 0.393 e. The molecule has 0 unspecified atom stereocenters. The molecule has 92 valence electrons. The Morgan fingerprint density at radius 1 is 1.12 bits per heavy atom. The third kappa shape index (κ3) is 3.75. The van der Waals surface area contributed by atoms with Crippen LogP contribution in [0.4, 0.5) is 10.5 Å². The summed E-state index contributed by atoms with van der Waals surface area (Å²) in [5.74, 6) is 0. The topological polar surface area (TPSA) is 61.4 Å². The predicted octanol–water partition coefficient (Wildman–Crippen LogP) is 2.11. The van der Waals surface area contributed by atoms with Gasteiger partial charge in [-0.15, -0.1) is 0 Å². The Morgan fingerprint density at radius 3 is 2.41 bits per heavy atom. The number of anilines is 1. The summed E-state index contributed by atoms with van der Waals surface area (Å²) in [6.07, 6.45) is 3.06. The van der Waals surface area contributed by atoms with Crippen LogP contribution in [0.2, 0.25) is 0 Å². The molecule has 1 aromatic carbocycles. The predicted molar refractivity (Wildman–Crippen MR) is 66.9 cm³/mol. The molecular weight excluding hydrogens is 216 g/mol. The maximum absolute atomic E-state index is 11.7. The number of para-hydroxylation sites is 1. The molecule has 4 heteroatoms. The van der Waals surface area contributed by atoms with Crippen LogP contribution in [0.3, 0.4) is 0 Å². The van der Waals surface area contributed by atoms with Crippen LogP contribution in [0.1, 0.15) is 25.7 Å². The third-order valence-corrected chi connectivity index (χ3v) is 3.06. The Morgan fingerprint density at radius 2 is 1.76 bits per heavy atom. The van der Waals surface area contributed by atoms with E-state index in [1.54, 1.807) is 0 Å². The zero-order valence-corrected chi connectivity index (χ0v) is 9.73. The molecule has 4 nitrogen and oxygen atoms in total. The second kappa shape index (κ2) is 5.68. The molecule has 2 rings (SSSR count). The first-order valence-corrected chi connectivity index (χ1v) is 6.04. The molecule has 0 bridgehead atoms. The molecule has 0 aromatic heterocycles. The maximum Gasteiger partial charge on any atom is 0.319 e. The molecule has 0 radical (unpaired) electrons. The number of carbonyl (C=O) groups excluding carboxylic acids is 1. The van der Waals surface area contributed by atoms with Crippen molar-refractivity contribution in [2.24, 2.45) is 0 Å². The summed E-state index contributed by atoms with van der Waals surface area (Å²) in [5, 5.41) is 15.1. The van der Waals surface area contributed by atoms with E-state index in [2.05, 4.69) is 10.6 Å². The van der Waals surface area contributed by atoms with Crippen molar-refractivity contribution in [2.45, 2.75) is 37.8 Å². The zero-order chi connectivity index (χ0) is 12.1. The first-order chi connectivity index (χ1) is 8.24. The fraction of sp³-hybridized carbons (Fsp3) is 0.462. The van der Waals surface area contributed by atoms with Gasteiger partial charge in [-0.1, -0.05) is 18.2 Å². The van der Waals surface area contributed by atoms with Crippen LogP contribution >= 0.6 is 0 Å². The molecular formula is C13H18N2O2. The van der Waals surface area contributed by atoms with Gasteiger partial charge >= 0.3 is 6.03 Å². The van der Waals surface area contributed by atoms with Crippen molar-refractivity contribution in [1.29, 1.82) is 0 Å². The van der Waals surface area contributed by atoms with Crippen molar-refractivity contribution in [2.75, 3.05) is 5.32 Å². The number of benzene rings is 1. The average Bonchev–Trinajstić information content (AvgIpc) is 2.33. The number of amides is 2. The zero-order valence-electron chi connectivity index (χ0n) is 9.73. The summed E-state index contributed by atoms with van der Waals surface area (Å²) >= 11 is 0. The maximum atomic E-state index is 11.7. The fourth-order valence-electron chi connectivity index (χ4n) is 2.09. The van der Waals surface area contributed by atoms with E-state index in [0.717, 1.165) is 31.4 Å². The Bertz CT molecular complexity index is 359. The van der Waals surface area contributed by atoms with Crippen LogP contribution in [0.15, 0.2) is 30.3 Å². The minimum absolute atomic E-state index is 0.169. The number of rotatable bonds is 2. The van der Waals surface area contributed by atoms with Gasteiger partial charge in [0.05, 0.1) is 6.10 Å². The lowest BCUT2D eigenvalue weighted by Crippen LogP contribution is -2.40. The van der Waals surface area contributed by atoms with Gasteiger partial charge in [0.2, 0.25) is 0 Å². The van der Waals surface area contributed by atoms with E-state index in [9.17, 15) is 9.90 Å². The highest BCUT2D eigenvalue weighted by Gasteiger charge is 2.20. The van der Waals surface area contributed by atoms with Gasteiger partial charge in [-0.2, -0.15) is 0 Å².